The number of thiocarbonyl (C=S) groups is 1. The second-order valence-corrected chi connectivity index (χ2v) is 5.63. The monoisotopic (exact) mass is 339 g/mol. The predicted molar refractivity (Wildman–Crippen MR) is 84.7 cm³/mol. The van der Waals surface area contributed by atoms with Gasteiger partial charge in [0.1, 0.15) is 0 Å². The van der Waals surface area contributed by atoms with Crippen molar-refractivity contribution in [3.8, 4) is 0 Å². The van der Waals surface area contributed by atoms with Crippen LogP contribution in [0.5, 0.6) is 0 Å². The molecule has 3 N–H and O–H groups in total. The molecule has 0 unspecified atom stereocenters. The molecule has 0 fully saturated rings. The van der Waals surface area contributed by atoms with Crippen molar-refractivity contribution in [2.45, 2.75) is 18.3 Å². The summed E-state index contributed by atoms with van der Waals surface area (Å²) in [5, 5.41) is 15.1. The molecule has 3 rings (SSSR count). The quantitative estimate of drug-likeness (QED) is 0.785. The second-order valence-electron chi connectivity index (χ2n) is 5.21. The van der Waals surface area contributed by atoms with E-state index < -0.39 is 23.4 Å². The summed E-state index contributed by atoms with van der Waals surface area (Å²) in [4.78, 5) is 0. The smallest absolute Gasteiger partial charge is 0.375 e. The van der Waals surface area contributed by atoms with Crippen molar-refractivity contribution in [3.63, 3.8) is 0 Å². The third-order valence-corrected chi connectivity index (χ3v) is 3.92. The van der Waals surface area contributed by atoms with Gasteiger partial charge < -0.3 is 10.8 Å². The van der Waals surface area contributed by atoms with Crippen LogP contribution in [-0.2, 0) is 0 Å². The van der Waals surface area contributed by atoms with E-state index in [2.05, 4.69) is 17.3 Å². The molecule has 2 aromatic rings. The highest BCUT2D eigenvalue weighted by molar-refractivity contribution is 7.80. The minimum absolute atomic E-state index is 0.0782. The third kappa shape index (κ3) is 2.43. The SMILES string of the molecule is NC(=S)N1N=C(c2cccc3ccccc23)C[C@]1(O)C(F)(F)F. The molecule has 1 heterocycles. The van der Waals surface area contributed by atoms with Gasteiger partial charge in [0.05, 0.1) is 12.1 Å². The number of alkyl halides is 3. The van der Waals surface area contributed by atoms with Gasteiger partial charge in [0, 0.05) is 5.56 Å². The van der Waals surface area contributed by atoms with Gasteiger partial charge in [-0.1, -0.05) is 42.5 Å². The average molecular weight is 339 g/mol. The summed E-state index contributed by atoms with van der Waals surface area (Å²) in [6, 6.07) is 12.4. The van der Waals surface area contributed by atoms with Crippen LogP contribution in [0.2, 0.25) is 0 Å². The summed E-state index contributed by atoms with van der Waals surface area (Å²) < 4.78 is 39.8. The van der Waals surface area contributed by atoms with Crippen molar-refractivity contribution in [3.05, 3.63) is 48.0 Å². The first-order valence-corrected chi connectivity index (χ1v) is 7.09. The van der Waals surface area contributed by atoms with E-state index >= 15 is 0 Å². The normalized spacial score (nSPS) is 21.6. The number of halogens is 3. The molecule has 0 bridgehead atoms. The Morgan fingerprint density at radius 2 is 1.87 bits per heavy atom. The third-order valence-electron chi connectivity index (χ3n) is 3.75. The zero-order valence-electron chi connectivity index (χ0n) is 11.7. The topological polar surface area (TPSA) is 61.8 Å². The van der Waals surface area contributed by atoms with Crippen LogP contribution in [0.3, 0.4) is 0 Å². The van der Waals surface area contributed by atoms with Crippen LogP contribution in [0.25, 0.3) is 10.8 Å². The maximum absolute atomic E-state index is 13.3. The molecule has 2 aromatic carbocycles. The van der Waals surface area contributed by atoms with E-state index in [1.54, 1.807) is 24.3 Å². The maximum Gasteiger partial charge on any atom is 0.438 e. The molecule has 8 heteroatoms. The molecule has 120 valence electrons. The Balaban J connectivity index is 2.14. The first-order chi connectivity index (χ1) is 10.7. The zero-order chi connectivity index (χ0) is 16.8. The number of nitrogens with zero attached hydrogens (tertiary/aromatic N) is 2. The fourth-order valence-corrected chi connectivity index (χ4v) is 2.82. The van der Waals surface area contributed by atoms with Gasteiger partial charge in [-0.25, -0.2) is 0 Å². The number of hydrogen-bond donors (Lipinski definition) is 2. The molecule has 0 spiro atoms. The molecule has 0 aliphatic carbocycles. The van der Waals surface area contributed by atoms with Crippen LogP contribution in [0.1, 0.15) is 12.0 Å². The molecule has 0 aromatic heterocycles. The number of benzene rings is 2. The minimum Gasteiger partial charge on any atom is -0.375 e. The molecule has 4 nitrogen and oxygen atoms in total. The lowest BCUT2D eigenvalue weighted by Crippen LogP contribution is -2.57. The van der Waals surface area contributed by atoms with E-state index in [-0.39, 0.29) is 10.7 Å². The summed E-state index contributed by atoms with van der Waals surface area (Å²) in [5.74, 6) is 0. The van der Waals surface area contributed by atoms with E-state index in [0.29, 0.717) is 5.56 Å². The van der Waals surface area contributed by atoms with Gasteiger partial charge in [-0.2, -0.15) is 23.3 Å². The Hall–Kier alpha value is -2.19. The van der Waals surface area contributed by atoms with E-state index in [0.717, 1.165) is 10.8 Å². The zero-order valence-corrected chi connectivity index (χ0v) is 12.5. The summed E-state index contributed by atoms with van der Waals surface area (Å²) >= 11 is 4.61. The fourth-order valence-electron chi connectivity index (χ4n) is 2.63. The van der Waals surface area contributed by atoms with Crippen LogP contribution < -0.4 is 5.73 Å². The van der Waals surface area contributed by atoms with Crippen molar-refractivity contribution in [1.82, 2.24) is 5.01 Å². The molecule has 0 saturated heterocycles. The second kappa shape index (κ2) is 5.17. The number of aliphatic hydroxyl groups is 1. The maximum atomic E-state index is 13.3. The summed E-state index contributed by atoms with van der Waals surface area (Å²) in [6.45, 7) is 0. The van der Waals surface area contributed by atoms with Gasteiger partial charge >= 0.3 is 6.18 Å². The Kier molecular flexibility index (Phi) is 3.53. The lowest BCUT2D eigenvalue weighted by atomic mass is 9.96. The first kappa shape index (κ1) is 15.7. The van der Waals surface area contributed by atoms with Crippen LogP contribution >= 0.6 is 12.2 Å². The van der Waals surface area contributed by atoms with Gasteiger partial charge in [0.15, 0.2) is 5.11 Å². The number of hydrogen-bond acceptors (Lipinski definition) is 3. The number of hydrazone groups is 1. The molecule has 1 aliphatic heterocycles. The van der Waals surface area contributed by atoms with Crippen molar-refractivity contribution < 1.29 is 18.3 Å². The summed E-state index contributed by atoms with van der Waals surface area (Å²) in [7, 11) is 0. The standard InChI is InChI=1S/C15H12F3N3OS/c16-15(17,18)14(22)8-12(20-21(14)13(19)23)11-7-3-5-9-4-1-2-6-10(9)11/h1-7,22H,8H2,(H2,19,23)/t14-/m0/s1. The Morgan fingerprint density at radius 3 is 2.48 bits per heavy atom. The van der Waals surface area contributed by atoms with Crippen LogP contribution in [-0.4, -0.2) is 32.8 Å². The first-order valence-electron chi connectivity index (χ1n) is 6.68. The van der Waals surface area contributed by atoms with Crippen molar-refractivity contribution in [2.75, 3.05) is 0 Å². The fraction of sp³-hybridized carbons (Fsp3) is 0.200. The number of fused-ring (bicyclic) bond motifs is 1. The summed E-state index contributed by atoms with van der Waals surface area (Å²) in [6.07, 6.45) is -5.70. The molecule has 1 aliphatic rings. The number of nitrogens with two attached hydrogens (primary N) is 1. The Bertz CT molecular complexity index is 816. The van der Waals surface area contributed by atoms with Crippen molar-refractivity contribution in [1.29, 1.82) is 0 Å². The van der Waals surface area contributed by atoms with Gasteiger partial charge in [0.25, 0.3) is 5.72 Å². The lowest BCUT2D eigenvalue weighted by molar-refractivity contribution is -0.294. The van der Waals surface area contributed by atoms with Crippen LogP contribution in [0.15, 0.2) is 47.6 Å². The molecule has 0 radical (unpaired) electrons. The molecular formula is C15H12F3N3OS. The van der Waals surface area contributed by atoms with Gasteiger partial charge in [-0.3, -0.25) is 0 Å². The average Bonchev–Trinajstić information content (AvgIpc) is 2.86. The van der Waals surface area contributed by atoms with Crippen LogP contribution in [0.4, 0.5) is 13.2 Å². The van der Waals surface area contributed by atoms with E-state index in [1.807, 2.05) is 18.2 Å². The Labute approximate surface area is 135 Å². The molecule has 0 saturated carbocycles. The van der Waals surface area contributed by atoms with E-state index in [4.69, 9.17) is 5.73 Å². The summed E-state index contributed by atoms with van der Waals surface area (Å²) in [5.41, 5.74) is 2.66. The van der Waals surface area contributed by atoms with E-state index in [1.165, 1.54) is 0 Å². The molecular weight excluding hydrogens is 327 g/mol. The van der Waals surface area contributed by atoms with E-state index in [9.17, 15) is 18.3 Å². The van der Waals surface area contributed by atoms with Crippen molar-refractivity contribution >= 4 is 33.8 Å². The van der Waals surface area contributed by atoms with Crippen molar-refractivity contribution in [2.24, 2.45) is 10.8 Å². The van der Waals surface area contributed by atoms with Gasteiger partial charge in [-0.05, 0) is 23.0 Å². The largest absolute Gasteiger partial charge is 0.438 e. The van der Waals surface area contributed by atoms with Gasteiger partial charge in [-0.15, -0.1) is 0 Å². The molecule has 1 atom stereocenters. The predicted octanol–water partition coefficient (Wildman–Crippen LogP) is 2.74. The highest BCUT2D eigenvalue weighted by atomic mass is 32.1. The highest BCUT2D eigenvalue weighted by Crippen LogP contribution is 2.41. The molecule has 23 heavy (non-hydrogen) atoms. The lowest BCUT2D eigenvalue weighted by Gasteiger charge is -2.32. The van der Waals surface area contributed by atoms with Gasteiger partial charge in [0.2, 0.25) is 0 Å². The van der Waals surface area contributed by atoms with Crippen LogP contribution in [0, 0.1) is 0 Å². The number of rotatable bonds is 1. The molecule has 0 amide bonds. The minimum atomic E-state index is -4.95. The highest BCUT2D eigenvalue weighted by Gasteiger charge is 2.62. The Morgan fingerprint density at radius 1 is 1.22 bits per heavy atom.